The van der Waals surface area contributed by atoms with Crippen molar-refractivity contribution in [3.63, 3.8) is 0 Å². The van der Waals surface area contributed by atoms with Crippen LogP contribution in [0.15, 0.2) is 66.0 Å². The van der Waals surface area contributed by atoms with Gasteiger partial charge in [0.25, 0.3) is 5.91 Å². The van der Waals surface area contributed by atoms with Crippen molar-refractivity contribution in [2.45, 2.75) is 12.2 Å². The minimum Gasteiger partial charge on any atom is -0.451 e. The highest BCUT2D eigenvalue weighted by atomic mass is 19.2. The van der Waals surface area contributed by atoms with E-state index in [0.717, 1.165) is 13.2 Å². The van der Waals surface area contributed by atoms with E-state index in [0.29, 0.717) is 22.3 Å². The Labute approximate surface area is 247 Å². The van der Waals surface area contributed by atoms with Crippen LogP contribution < -0.4 is 15.2 Å². The van der Waals surface area contributed by atoms with Crippen LogP contribution in [0.4, 0.5) is 13.6 Å². The SMILES string of the molecule is COC(=O)OCOc1c2n(ccc1=O)N(C1c3ccccc3-c3cncnc3-c3c1ccc(F)c3F)C1COCCN1C2=O. The summed E-state index contributed by atoms with van der Waals surface area (Å²) in [6.07, 6.45) is 2.45. The van der Waals surface area contributed by atoms with Crippen LogP contribution in [0.5, 0.6) is 5.75 Å². The molecule has 2 aromatic carbocycles. The molecule has 0 N–H and O–H groups in total. The minimum absolute atomic E-state index is 0.0608. The second-order valence-electron chi connectivity index (χ2n) is 10.1. The third kappa shape index (κ3) is 4.17. The van der Waals surface area contributed by atoms with E-state index < -0.39 is 48.1 Å². The van der Waals surface area contributed by atoms with Gasteiger partial charge >= 0.3 is 6.16 Å². The largest absolute Gasteiger partial charge is 0.510 e. The fraction of sp³-hybridized carbons (Fsp3) is 0.233. The molecule has 4 heterocycles. The number of carbonyl (C=O) groups excluding carboxylic acids is 2. The van der Waals surface area contributed by atoms with E-state index >= 15 is 4.39 Å². The van der Waals surface area contributed by atoms with E-state index in [1.165, 1.54) is 34.2 Å². The molecule has 224 valence electrons. The Balaban J connectivity index is 1.51. The Hall–Kier alpha value is -5.37. The summed E-state index contributed by atoms with van der Waals surface area (Å²) < 4.78 is 52.9. The Morgan fingerprint density at radius 2 is 1.93 bits per heavy atom. The minimum atomic E-state index is -1.09. The summed E-state index contributed by atoms with van der Waals surface area (Å²) in [7, 11) is 1.11. The van der Waals surface area contributed by atoms with Crippen LogP contribution in [0, 0.1) is 11.6 Å². The first-order valence-corrected chi connectivity index (χ1v) is 13.5. The molecule has 3 aliphatic rings. The number of aromatic nitrogens is 3. The Morgan fingerprint density at radius 3 is 2.77 bits per heavy atom. The highest BCUT2D eigenvalue weighted by Gasteiger charge is 2.47. The highest BCUT2D eigenvalue weighted by Crippen LogP contribution is 2.48. The van der Waals surface area contributed by atoms with Gasteiger partial charge < -0.3 is 23.8 Å². The van der Waals surface area contributed by atoms with Crippen LogP contribution >= 0.6 is 0 Å². The molecule has 1 amide bonds. The molecule has 0 bridgehead atoms. The quantitative estimate of drug-likeness (QED) is 0.254. The average Bonchev–Trinajstić information content (AvgIpc) is 3.17. The van der Waals surface area contributed by atoms with Gasteiger partial charge in [-0.05, 0) is 22.8 Å². The smallest absolute Gasteiger partial charge is 0.451 e. The number of fused-ring (bicyclic) bond motifs is 7. The van der Waals surface area contributed by atoms with Crippen LogP contribution in [-0.2, 0) is 14.2 Å². The Bertz CT molecular complexity index is 1880. The summed E-state index contributed by atoms with van der Waals surface area (Å²) in [6, 6.07) is 10.2. The van der Waals surface area contributed by atoms with Gasteiger partial charge in [0.05, 0.1) is 32.1 Å². The first kappa shape index (κ1) is 27.5. The number of hydrogen-bond donors (Lipinski definition) is 0. The number of nitrogens with zero attached hydrogens (tertiary/aromatic N) is 5. The van der Waals surface area contributed by atoms with Crippen molar-refractivity contribution in [1.29, 1.82) is 0 Å². The van der Waals surface area contributed by atoms with Crippen LogP contribution in [0.1, 0.15) is 27.7 Å². The summed E-state index contributed by atoms with van der Waals surface area (Å²) in [6.45, 7) is -0.227. The third-order valence-electron chi connectivity index (χ3n) is 7.88. The normalized spacial score (nSPS) is 18.2. The summed E-state index contributed by atoms with van der Waals surface area (Å²) in [5.41, 5.74) is 1.55. The standard InChI is InChI=1S/C30H23F2N5O7/c1-41-30(40)44-15-43-28-21(38)8-9-36-27(28)29(39)35-10-11-42-13-22(35)37(36)26-17-5-3-2-4-16(17)19-12-33-14-34-25(19)23-18(26)6-7-20(31)24(23)32/h2-9,12,14,22,26H,10-11,13,15H2,1H3. The van der Waals surface area contributed by atoms with Gasteiger partial charge in [-0.25, -0.2) is 23.5 Å². The molecule has 44 heavy (non-hydrogen) atoms. The number of ether oxygens (including phenoxy) is 4. The molecule has 2 aromatic heterocycles. The number of benzene rings is 2. The van der Waals surface area contributed by atoms with Gasteiger partial charge in [0.2, 0.25) is 18.0 Å². The zero-order chi connectivity index (χ0) is 30.5. The fourth-order valence-electron chi connectivity index (χ4n) is 6.05. The van der Waals surface area contributed by atoms with Crippen molar-refractivity contribution < 1.29 is 37.3 Å². The van der Waals surface area contributed by atoms with Crippen molar-refractivity contribution in [3.05, 3.63) is 99.9 Å². The summed E-state index contributed by atoms with van der Waals surface area (Å²) in [5, 5.41) is 1.78. The average molecular weight is 604 g/mol. The molecule has 2 atom stereocenters. The molecule has 1 fully saturated rings. The number of morpholine rings is 1. The second-order valence-corrected chi connectivity index (χ2v) is 10.1. The molecule has 2 aliphatic heterocycles. The summed E-state index contributed by atoms with van der Waals surface area (Å²) >= 11 is 0. The summed E-state index contributed by atoms with van der Waals surface area (Å²) in [4.78, 5) is 48.7. The molecular formula is C30H23F2N5O7. The molecule has 2 unspecified atom stereocenters. The third-order valence-corrected chi connectivity index (χ3v) is 7.88. The van der Waals surface area contributed by atoms with E-state index in [2.05, 4.69) is 14.7 Å². The molecule has 7 rings (SSSR count). The Morgan fingerprint density at radius 1 is 1.09 bits per heavy atom. The van der Waals surface area contributed by atoms with E-state index in [9.17, 15) is 18.8 Å². The van der Waals surface area contributed by atoms with Crippen molar-refractivity contribution in [2.24, 2.45) is 0 Å². The van der Waals surface area contributed by atoms with Crippen molar-refractivity contribution in [3.8, 4) is 28.1 Å². The first-order chi connectivity index (χ1) is 21.4. The number of halogens is 2. The van der Waals surface area contributed by atoms with Crippen LogP contribution in [0.3, 0.4) is 0 Å². The van der Waals surface area contributed by atoms with E-state index in [-0.39, 0.29) is 42.5 Å². The molecule has 1 saturated heterocycles. The monoisotopic (exact) mass is 603 g/mol. The van der Waals surface area contributed by atoms with Gasteiger partial charge in [-0.2, -0.15) is 0 Å². The molecule has 0 spiro atoms. The van der Waals surface area contributed by atoms with Crippen LogP contribution in [-0.4, -0.2) is 71.4 Å². The molecule has 12 nitrogen and oxygen atoms in total. The highest BCUT2D eigenvalue weighted by molar-refractivity contribution is 5.97. The summed E-state index contributed by atoms with van der Waals surface area (Å²) in [5.74, 6) is -3.03. The zero-order valence-electron chi connectivity index (χ0n) is 23.1. The van der Waals surface area contributed by atoms with Crippen LogP contribution in [0.25, 0.3) is 22.4 Å². The maximum atomic E-state index is 15.9. The molecule has 1 aliphatic carbocycles. The molecule has 0 saturated carbocycles. The number of amides is 1. The van der Waals surface area contributed by atoms with E-state index in [1.54, 1.807) is 11.2 Å². The van der Waals surface area contributed by atoms with Gasteiger partial charge in [0.15, 0.2) is 17.3 Å². The number of methoxy groups -OCH3 is 1. The predicted molar refractivity (Wildman–Crippen MR) is 148 cm³/mol. The second kappa shape index (κ2) is 10.7. The lowest BCUT2D eigenvalue weighted by Crippen LogP contribution is -2.66. The topological polar surface area (TPSA) is 125 Å². The lowest BCUT2D eigenvalue weighted by atomic mass is 9.92. The maximum absolute atomic E-state index is 15.9. The number of carbonyl (C=O) groups is 2. The Kier molecular flexibility index (Phi) is 6.69. The van der Waals surface area contributed by atoms with Gasteiger partial charge in [-0.3, -0.25) is 19.3 Å². The first-order valence-electron chi connectivity index (χ1n) is 13.5. The number of hydrogen-bond acceptors (Lipinski definition) is 10. The molecule has 0 radical (unpaired) electrons. The lowest BCUT2D eigenvalue weighted by molar-refractivity contribution is -0.0208. The molecule has 4 aromatic rings. The maximum Gasteiger partial charge on any atom is 0.510 e. The van der Waals surface area contributed by atoms with Gasteiger partial charge in [-0.1, -0.05) is 30.3 Å². The van der Waals surface area contributed by atoms with Gasteiger partial charge in [0, 0.05) is 36.1 Å². The predicted octanol–water partition coefficient (Wildman–Crippen LogP) is 3.22. The lowest BCUT2D eigenvalue weighted by Gasteiger charge is -2.51. The molecular weight excluding hydrogens is 580 g/mol. The van der Waals surface area contributed by atoms with Crippen molar-refractivity contribution in [2.75, 3.05) is 38.7 Å². The number of pyridine rings is 1. The van der Waals surface area contributed by atoms with Crippen LogP contribution in [0.2, 0.25) is 0 Å². The van der Waals surface area contributed by atoms with E-state index in [1.807, 2.05) is 24.3 Å². The van der Waals surface area contributed by atoms with Gasteiger partial charge in [0.1, 0.15) is 12.5 Å². The fourth-order valence-corrected chi connectivity index (χ4v) is 6.05. The number of rotatable bonds is 4. The van der Waals surface area contributed by atoms with Gasteiger partial charge in [-0.15, -0.1) is 0 Å². The zero-order valence-corrected chi connectivity index (χ0v) is 23.1. The van der Waals surface area contributed by atoms with Crippen molar-refractivity contribution in [1.82, 2.24) is 19.5 Å². The van der Waals surface area contributed by atoms with E-state index in [4.69, 9.17) is 14.2 Å². The van der Waals surface area contributed by atoms with Crippen molar-refractivity contribution >= 4 is 12.1 Å². The molecule has 14 heteroatoms.